The van der Waals surface area contributed by atoms with Crippen LogP contribution in [0.3, 0.4) is 0 Å². The van der Waals surface area contributed by atoms with Gasteiger partial charge in [-0.1, -0.05) is 147 Å². The number of fused-ring (bicyclic) bond motifs is 3. The molecule has 0 N–H and O–H groups in total. The van der Waals surface area contributed by atoms with Crippen molar-refractivity contribution in [3.05, 3.63) is 161 Å². The highest BCUT2D eigenvalue weighted by Gasteiger charge is 2.36. The van der Waals surface area contributed by atoms with Crippen LogP contribution < -0.4 is 0 Å². The first-order valence-electron chi connectivity index (χ1n) is 16.7. The molecule has 3 nitrogen and oxygen atoms in total. The molecule has 0 saturated heterocycles. The summed E-state index contributed by atoms with van der Waals surface area (Å²) in [4.78, 5) is 12.9. The number of benzene rings is 3. The van der Waals surface area contributed by atoms with Crippen LogP contribution in [0.2, 0.25) is 0 Å². The summed E-state index contributed by atoms with van der Waals surface area (Å²) in [6.45, 7) is 4.72. The van der Waals surface area contributed by atoms with E-state index in [0.717, 1.165) is 30.9 Å². The average molecular weight is 600 g/mol. The molecule has 1 aliphatic heterocycles. The first kappa shape index (κ1) is 28.7. The lowest BCUT2D eigenvalue weighted by Gasteiger charge is -2.36. The largest absolute Gasteiger partial charge is 0.337 e. The summed E-state index contributed by atoms with van der Waals surface area (Å²) < 4.78 is 0. The van der Waals surface area contributed by atoms with Gasteiger partial charge in [0.15, 0.2) is 0 Å². The molecular weight excluding hydrogens is 558 g/mol. The van der Waals surface area contributed by atoms with Crippen molar-refractivity contribution < 1.29 is 0 Å². The number of amidine groups is 2. The molecule has 0 spiro atoms. The van der Waals surface area contributed by atoms with E-state index in [9.17, 15) is 0 Å². The smallest absolute Gasteiger partial charge is 0.149 e. The fourth-order valence-electron chi connectivity index (χ4n) is 7.95. The Labute approximate surface area is 273 Å². The van der Waals surface area contributed by atoms with Crippen molar-refractivity contribution in [1.29, 1.82) is 0 Å². The Kier molecular flexibility index (Phi) is 7.21. The fourth-order valence-corrected chi connectivity index (χ4v) is 7.95. The van der Waals surface area contributed by atoms with E-state index >= 15 is 0 Å². The van der Waals surface area contributed by atoms with E-state index in [2.05, 4.69) is 159 Å². The first-order valence-corrected chi connectivity index (χ1v) is 16.7. The molecule has 228 valence electrons. The van der Waals surface area contributed by atoms with E-state index < -0.39 is 0 Å². The molecule has 4 aliphatic carbocycles. The highest BCUT2D eigenvalue weighted by Crippen LogP contribution is 2.49. The molecule has 1 heterocycles. The molecular formula is C43H41N3. The van der Waals surface area contributed by atoms with E-state index in [0.29, 0.717) is 5.92 Å². The van der Waals surface area contributed by atoms with Gasteiger partial charge in [-0.15, -0.1) is 0 Å². The summed E-state index contributed by atoms with van der Waals surface area (Å²) in [5.41, 5.74) is 10.9. The van der Waals surface area contributed by atoms with Gasteiger partial charge in [0, 0.05) is 30.2 Å². The number of hydrogen-bond acceptors (Lipinski definition) is 3. The Morgan fingerprint density at radius 2 is 1.54 bits per heavy atom. The molecule has 3 aromatic rings. The van der Waals surface area contributed by atoms with Gasteiger partial charge in [-0.3, -0.25) is 0 Å². The van der Waals surface area contributed by atoms with Gasteiger partial charge in [0.1, 0.15) is 17.8 Å². The summed E-state index contributed by atoms with van der Waals surface area (Å²) in [5, 5.41) is 0. The van der Waals surface area contributed by atoms with Crippen LogP contribution >= 0.6 is 0 Å². The molecule has 8 rings (SSSR count). The minimum absolute atomic E-state index is 0.000332. The zero-order valence-corrected chi connectivity index (χ0v) is 27.0. The van der Waals surface area contributed by atoms with Crippen molar-refractivity contribution in [1.82, 2.24) is 4.90 Å². The quantitative estimate of drug-likeness (QED) is 0.287. The minimum atomic E-state index is -0.0786. The second-order valence-corrected chi connectivity index (χ2v) is 13.7. The van der Waals surface area contributed by atoms with Gasteiger partial charge in [0.25, 0.3) is 0 Å². The molecule has 4 atom stereocenters. The Balaban J connectivity index is 1.07. The van der Waals surface area contributed by atoms with Crippen molar-refractivity contribution in [2.24, 2.45) is 27.7 Å². The van der Waals surface area contributed by atoms with Crippen molar-refractivity contribution in [2.75, 3.05) is 7.05 Å². The molecule has 0 bridgehead atoms. The number of allylic oxidation sites excluding steroid dienone is 10. The molecule has 3 aromatic carbocycles. The van der Waals surface area contributed by atoms with Crippen molar-refractivity contribution in [2.45, 2.75) is 44.7 Å². The Hall–Kier alpha value is -4.76. The lowest BCUT2D eigenvalue weighted by molar-refractivity contribution is 0.363. The highest BCUT2D eigenvalue weighted by molar-refractivity contribution is 6.02. The molecule has 0 aromatic heterocycles. The standard InChI is InChI=1S/C43H41N3/c1-43(2)38-23-11-10-22-36(38)37-25-24-34(28-39(37)43)32-19-12-18-31(26-32)33-20-13-21-35(27-33)40-44-41(29-14-6-4-7-15-29)46(3)42(45-40)30-16-8-5-9-17-30/h4-16,19-26,28,30-31,35,41H,17-18,27H2,1-3H3. The van der Waals surface area contributed by atoms with Crippen LogP contribution in [0.15, 0.2) is 149 Å². The average Bonchev–Trinajstić information content (AvgIpc) is 3.35. The minimum Gasteiger partial charge on any atom is -0.337 e. The Morgan fingerprint density at radius 3 is 2.39 bits per heavy atom. The zero-order chi connectivity index (χ0) is 31.3. The van der Waals surface area contributed by atoms with Crippen LogP contribution in [-0.2, 0) is 5.41 Å². The maximum absolute atomic E-state index is 5.31. The third-order valence-corrected chi connectivity index (χ3v) is 10.5. The fraction of sp³-hybridized carbons (Fsp3) is 0.256. The predicted octanol–water partition coefficient (Wildman–Crippen LogP) is 10.0. The van der Waals surface area contributed by atoms with Gasteiger partial charge in [-0.25, -0.2) is 9.98 Å². The molecule has 0 amide bonds. The van der Waals surface area contributed by atoms with Gasteiger partial charge >= 0.3 is 0 Å². The lowest BCUT2D eigenvalue weighted by Crippen LogP contribution is -2.40. The summed E-state index contributed by atoms with van der Waals surface area (Å²) in [5.74, 6) is 2.82. The number of hydrogen-bond donors (Lipinski definition) is 0. The molecule has 0 saturated carbocycles. The van der Waals surface area contributed by atoms with Crippen molar-refractivity contribution >= 4 is 17.2 Å². The molecule has 4 unspecified atom stereocenters. The van der Waals surface area contributed by atoms with Crippen LogP contribution in [0, 0.1) is 17.8 Å². The normalized spacial score (nSPS) is 25.8. The number of nitrogens with zero attached hydrogens (tertiary/aromatic N) is 3. The van der Waals surface area contributed by atoms with Gasteiger partial charge in [-0.05, 0) is 64.3 Å². The number of aliphatic imine (C=N–C) groups is 2. The molecule has 46 heavy (non-hydrogen) atoms. The Bertz CT molecular complexity index is 1930. The summed E-state index contributed by atoms with van der Waals surface area (Å²) in [7, 11) is 2.14. The first-order chi connectivity index (χ1) is 22.5. The summed E-state index contributed by atoms with van der Waals surface area (Å²) in [6.07, 6.45) is 25.7. The second-order valence-electron chi connectivity index (χ2n) is 13.7. The van der Waals surface area contributed by atoms with Crippen LogP contribution in [0.1, 0.15) is 61.5 Å². The van der Waals surface area contributed by atoms with Gasteiger partial charge < -0.3 is 4.90 Å². The van der Waals surface area contributed by atoms with Gasteiger partial charge in [0.05, 0.1) is 0 Å². The SMILES string of the molecule is CN1C(C2C=CC=CC2)=NC(C2C=CC=C(C3C=C(c4ccc5c(c4)C(C)(C)c4ccccc4-5)C=CC3)C2)=NC1c1ccccc1. The van der Waals surface area contributed by atoms with Crippen LogP contribution in [0.4, 0.5) is 0 Å². The van der Waals surface area contributed by atoms with Crippen LogP contribution in [0.25, 0.3) is 16.7 Å². The van der Waals surface area contributed by atoms with Gasteiger partial charge in [0.2, 0.25) is 0 Å². The van der Waals surface area contributed by atoms with Gasteiger partial charge in [-0.2, -0.15) is 0 Å². The third kappa shape index (κ3) is 4.99. The van der Waals surface area contributed by atoms with E-state index in [-0.39, 0.29) is 23.4 Å². The molecule has 0 radical (unpaired) electrons. The topological polar surface area (TPSA) is 28.0 Å². The second kappa shape index (κ2) is 11.6. The Morgan fingerprint density at radius 1 is 0.761 bits per heavy atom. The molecule has 3 heteroatoms. The van der Waals surface area contributed by atoms with Crippen LogP contribution in [-0.4, -0.2) is 23.6 Å². The summed E-state index contributed by atoms with van der Waals surface area (Å²) >= 11 is 0. The molecule has 0 fully saturated rings. The zero-order valence-electron chi connectivity index (χ0n) is 27.0. The predicted molar refractivity (Wildman–Crippen MR) is 193 cm³/mol. The van der Waals surface area contributed by atoms with Crippen LogP contribution in [0.5, 0.6) is 0 Å². The number of rotatable bonds is 5. The van der Waals surface area contributed by atoms with E-state index in [1.165, 1.54) is 44.5 Å². The van der Waals surface area contributed by atoms with Crippen molar-refractivity contribution in [3.63, 3.8) is 0 Å². The summed E-state index contributed by atoms with van der Waals surface area (Å²) in [6, 6.07) is 26.6. The highest BCUT2D eigenvalue weighted by atomic mass is 15.3. The lowest BCUT2D eigenvalue weighted by atomic mass is 9.79. The van der Waals surface area contributed by atoms with E-state index in [4.69, 9.17) is 9.98 Å². The molecule has 5 aliphatic rings. The third-order valence-electron chi connectivity index (χ3n) is 10.5. The van der Waals surface area contributed by atoms with E-state index in [1.54, 1.807) is 0 Å². The maximum Gasteiger partial charge on any atom is 0.149 e. The monoisotopic (exact) mass is 599 g/mol. The maximum atomic E-state index is 5.31. The van der Waals surface area contributed by atoms with E-state index in [1.807, 2.05) is 0 Å². The van der Waals surface area contributed by atoms with Crippen molar-refractivity contribution in [3.8, 4) is 11.1 Å².